The third-order valence-corrected chi connectivity index (χ3v) is 5.15. The van der Waals surface area contributed by atoms with E-state index in [0.29, 0.717) is 16.9 Å². The maximum absolute atomic E-state index is 12.7. The fraction of sp³-hybridized carbons (Fsp3) is 0.278. The van der Waals surface area contributed by atoms with Crippen LogP contribution in [0.4, 0.5) is 11.4 Å². The number of anilines is 2. The third-order valence-electron chi connectivity index (χ3n) is 3.63. The van der Waals surface area contributed by atoms with Gasteiger partial charge >= 0.3 is 0 Å². The van der Waals surface area contributed by atoms with Crippen LogP contribution < -0.4 is 10.0 Å². The minimum Gasteiger partial charge on any atom is -0.326 e. The van der Waals surface area contributed by atoms with Crippen molar-refractivity contribution in [2.24, 2.45) is 0 Å². The average molecular weight is 346 g/mol. The van der Waals surface area contributed by atoms with E-state index >= 15 is 0 Å². The van der Waals surface area contributed by atoms with Crippen molar-refractivity contribution in [2.75, 3.05) is 10.0 Å². The van der Waals surface area contributed by atoms with Crippen molar-refractivity contribution in [2.45, 2.75) is 38.5 Å². The SMILES string of the molecule is CC(=O)Nc1ccc(NS(=O)(=O)c2cc(C(C)C)ccc2C)cc1. The highest BCUT2D eigenvalue weighted by atomic mass is 32.2. The van der Waals surface area contributed by atoms with Crippen molar-refractivity contribution >= 4 is 27.3 Å². The Balaban J connectivity index is 2.28. The molecule has 0 unspecified atom stereocenters. The number of hydrogen-bond donors (Lipinski definition) is 2. The summed E-state index contributed by atoms with van der Waals surface area (Å²) < 4.78 is 27.9. The highest BCUT2D eigenvalue weighted by Crippen LogP contribution is 2.24. The summed E-state index contributed by atoms with van der Waals surface area (Å²) in [5, 5.41) is 2.64. The fourth-order valence-corrected chi connectivity index (χ4v) is 3.64. The molecule has 0 spiro atoms. The van der Waals surface area contributed by atoms with Gasteiger partial charge in [0.2, 0.25) is 5.91 Å². The van der Waals surface area contributed by atoms with Crippen molar-refractivity contribution < 1.29 is 13.2 Å². The van der Waals surface area contributed by atoms with E-state index in [2.05, 4.69) is 10.0 Å². The molecule has 0 aliphatic carbocycles. The second-order valence-electron chi connectivity index (χ2n) is 6.04. The number of nitrogens with one attached hydrogen (secondary N) is 2. The molecule has 2 aromatic rings. The largest absolute Gasteiger partial charge is 0.326 e. The molecule has 128 valence electrons. The van der Waals surface area contributed by atoms with E-state index in [-0.39, 0.29) is 16.7 Å². The molecule has 0 saturated heterocycles. The van der Waals surface area contributed by atoms with Gasteiger partial charge in [0.1, 0.15) is 0 Å². The summed E-state index contributed by atoms with van der Waals surface area (Å²) in [5.41, 5.74) is 2.73. The molecule has 0 radical (unpaired) electrons. The van der Waals surface area contributed by atoms with Crippen LogP contribution in [0, 0.1) is 6.92 Å². The molecule has 24 heavy (non-hydrogen) atoms. The Kier molecular flexibility index (Phi) is 5.29. The van der Waals surface area contributed by atoms with Gasteiger partial charge in [0.05, 0.1) is 4.90 Å². The minimum absolute atomic E-state index is 0.176. The van der Waals surface area contributed by atoms with E-state index in [1.807, 2.05) is 26.0 Å². The predicted molar refractivity (Wildman–Crippen MR) is 96.8 cm³/mol. The van der Waals surface area contributed by atoms with Crippen LogP contribution in [0.1, 0.15) is 37.8 Å². The van der Waals surface area contributed by atoms with Gasteiger partial charge in [-0.05, 0) is 54.3 Å². The fourth-order valence-electron chi connectivity index (χ4n) is 2.30. The van der Waals surface area contributed by atoms with E-state index in [9.17, 15) is 13.2 Å². The highest BCUT2D eigenvalue weighted by Gasteiger charge is 2.18. The smallest absolute Gasteiger partial charge is 0.262 e. The topological polar surface area (TPSA) is 75.3 Å². The molecule has 0 heterocycles. The first kappa shape index (κ1) is 18.0. The number of benzene rings is 2. The molecular formula is C18H22N2O3S. The predicted octanol–water partition coefficient (Wildman–Crippen LogP) is 3.88. The molecule has 1 amide bonds. The van der Waals surface area contributed by atoms with Crippen LogP contribution in [-0.4, -0.2) is 14.3 Å². The zero-order chi connectivity index (χ0) is 17.9. The lowest BCUT2D eigenvalue weighted by molar-refractivity contribution is -0.114. The molecule has 0 aliphatic rings. The van der Waals surface area contributed by atoms with Gasteiger partial charge in [-0.15, -0.1) is 0 Å². The summed E-state index contributed by atoms with van der Waals surface area (Å²) >= 11 is 0. The van der Waals surface area contributed by atoms with Crippen molar-refractivity contribution in [1.82, 2.24) is 0 Å². The Bertz CT molecular complexity index is 841. The molecule has 0 bridgehead atoms. The van der Waals surface area contributed by atoms with Crippen LogP contribution in [0.5, 0.6) is 0 Å². The van der Waals surface area contributed by atoms with E-state index < -0.39 is 10.0 Å². The second-order valence-corrected chi connectivity index (χ2v) is 7.69. The quantitative estimate of drug-likeness (QED) is 0.863. The molecule has 0 atom stereocenters. The molecule has 0 saturated carbocycles. The van der Waals surface area contributed by atoms with Gasteiger partial charge in [-0.25, -0.2) is 8.42 Å². The zero-order valence-electron chi connectivity index (χ0n) is 14.3. The van der Waals surface area contributed by atoms with Crippen molar-refractivity contribution in [1.29, 1.82) is 0 Å². The standard InChI is InChI=1S/C18H22N2O3S/c1-12(2)15-6-5-13(3)18(11-15)24(22,23)20-17-9-7-16(8-10-17)19-14(4)21/h5-12,20H,1-4H3,(H,19,21). The molecule has 6 heteroatoms. The first-order valence-electron chi connectivity index (χ1n) is 7.70. The van der Waals surface area contributed by atoms with E-state index in [1.54, 1.807) is 37.3 Å². The molecule has 0 aliphatic heterocycles. The van der Waals surface area contributed by atoms with E-state index in [0.717, 1.165) is 5.56 Å². The Morgan fingerprint density at radius 2 is 1.58 bits per heavy atom. The molecule has 0 aromatic heterocycles. The molecular weight excluding hydrogens is 324 g/mol. The van der Waals surface area contributed by atoms with Gasteiger partial charge in [-0.2, -0.15) is 0 Å². The molecule has 2 rings (SSSR count). The summed E-state index contributed by atoms with van der Waals surface area (Å²) in [6.45, 7) is 7.24. The monoisotopic (exact) mass is 346 g/mol. The number of carbonyl (C=O) groups excluding carboxylic acids is 1. The van der Waals surface area contributed by atoms with Gasteiger partial charge in [0, 0.05) is 18.3 Å². The van der Waals surface area contributed by atoms with Crippen LogP contribution in [0.3, 0.4) is 0 Å². The zero-order valence-corrected chi connectivity index (χ0v) is 15.1. The Hall–Kier alpha value is -2.34. The Labute approximate surface area is 143 Å². The van der Waals surface area contributed by atoms with Crippen molar-refractivity contribution in [3.8, 4) is 0 Å². The van der Waals surface area contributed by atoms with Crippen LogP contribution in [0.2, 0.25) is 0 Å². The van der Waals surface area contributed by atoms with Crippen LogP contribution >= 0.6 is 0 Å². The summed E-state index contributed by atoms with van der Waals surface area (Å²) in [6, 6.07) is 12.0. The maximum atomic E-state index is 12.7. The summed E-state index contributed by atoms with van der Waals surface area (Å²) in [6.07, 6.45) is 0. The lowest BCUT2D eigenvalue weighted by Gasteiger charge is -2.14. The Morgan fingerprint density at radius 1 is 1.00 bits per heavy atom. The number of carbonyl (C=O) groups is 1. The summed E-state index contributed by atoms with van der Waals surface area (Å²) in [7, 11) is -3.67. The number of hydrogen-bond acceptors (Lipinski definition) is 3. The normalized spacial score (nSPS) is 11.4. The van der Waals surface area contributed by atoms with Gasteiger partial charge in [-0.1, -0.05) is 26.0 Å². The molecule has 2 N–H and O–H groups in total. The van der Waals surface area contributed by atoms with Gasteiger partial charge < -0.3 is 5.32 Å². The summed E-state index contributed by atoms with van der Waals surface area (Å²) in [4.78, 5) is 11.3. The molecule has 2 aromatic carbocycles. The highest BCUT2D eigenvalue weighted by molar-refractivity contribution is 7.92. The number of aryl methyl sites for hydroxylation is 1. The minimum atomic E-state index is -3.67. The lowest BCUT2D eigenvalue weighted by Crippen LogP contribution is -2.15. The van der Waals surface area contributed by atoms with Crippen LogP contribution in [-0.2, 0) is 14.8 Å². The second kappa shape index (κ2) is 7.05. The molecule has 5 nitrogen and oxygen atoms in total. The van der Waals surface area contributed by atoms with Gasteiger partial charge in [0.25, 0.3) is 10.0 Å². The molecule has 0 fully saturated rings. The number of rotatable bonds is 5. The van der Waals surface area contributed by atoms with E-state index in [4.69, 9.17) is 0 Å². The summed E-state index contributed by atoms with van der Waals surface area (Å²) in [5.74, 6) is 0.0703. The number of amides is 1. The van der Waals surface area contributed by atoms with Crippen molar-refractivity contribution in [3.05, 3.63) is 53.6 Å². The first-order chi connectivity index (χ1) is 11.2. The number of sulfonamides is 1. The third kappa shape index (κ3) is 4.35. The Morgan fingerprint density at radius 3 is 2.12 bits per heavy atom. The first-order valence-corrected chi connectivity index (χ1v) is 9.18. The maximum Gasteiger partial charge on any atom is 0.262 e. The average Bonchev–Trinajstić information content (AvgIpc) is 2.48. The van der Waals surface area contributed by atoms with Gasteiger partial charge in [-0.3, -0.25) is 9.52 Å². The van der Waals surface area contributed by atoms with E-state index in [1.165, 1.54) is 6.92 Å². The lowest BCUT2D eigenvalue weighted by atomic mass is 10.0. The van der Waals surface area contributed by atoms with Crippen molar-refractivity contribution in [3.63, 3.8) is 0 Å². The van der Waals surface area contributed by atoms with Gasteiger partial charge in [0.15, 0.2) is 0 Å². The van der Waals surface area contributed by atoms with Crippen LogP contribution in [0.15, 0.2) is 47.4 Å². The van der Waals surface area contributed by atoms with Crippen LogP contribution in [0.25, 0.3) is 0 Å².